The molecule has 0 radical (unpaired) electrons. The van der Waals surface area contributed by atoms with Gasteiger partial charge in [-0.15, -0.1) is 0 Å². The normalized spacial score (nSPS) is 20.7. The Morgan fingerprint density at radius 2 is 1.42 bits per heavy atom. The van der Waals surface area contributed by atoms with E-state index in [1.165, 1.54) is 24.3 Å². The average molecular weight is 458 g/mol. The lowest BCUT2D eigenvalue weighted by atomic mass is 9.97. The molecule has 33 heavy (non-hydrogen) atoms. The molecule has 0 saturated carbocycles. The van der Waals surface area contributed by atoms with Crippen LogP contribution in [0.15, 0.2) is 54.6 Å². The summed E-state index contributed by atoms with van der Waals surface area (Å²) >= 11 is 0. The molecule has 174 valence electrons. The Labute approximate surface area is 191 Å². The molecule has 3 aromatic carbocycles. The Morgan fingerprint density at radius 3 is 2.03 bits per heavy atom. The molecule has 1 saturated heterocycles. The second-order valence-corrected chi connectivity index (χ2v) is 8.43. The fraction of sp³-hybridized carbons (Fsp3) is 0.333. The fourth-order valence-electron chi connectivity index (χ4n) is 4.12. The maximum Gasteiger partial charge on any atom is 0.184 e. The van der Waals surface area contributed by atoms with Gasteiger partial charge >= 0.3 is 0 Å². The van der Waals surface area contributed by atoms with Crippen LogP contribution in [0.5, 0.6) is 0 Å². The van der Waals surface area contributed by atoms with Crippen molar-refractivity contribution in [3.05, 3.63) is 83.2 Å². The lowest BCUT2D eigenvalue weighted by molar-refractivity contribution is -0.239. The van der Waals surface area contributed by atoms with E-state index in [0.717, 1.165) is 18.1 Å². The van der Waals surface area contributed by atoms with E-state index in [4.69, 9.17) is 9.47 Å². The topological polar surface area (TPSA) is 18.5 Å². The molecule has 4 rings (SSSR count). The van der Waals surface area contributed by atoms with Crippen LogP contribution in [0.1, 0.15) is 44.1 Å². The van der Waals surface area contributed by atoms with Crippen LogP contribution in [0, 0.1) is 17.5 Å². The molecule has 1 fully saturated rings. The minimum Gasteiger partial charge on any atom is -0.345 e. The number of hydrogen-bond donors (Lipinski definition) is 0. The van der Waals surface area contributed by atoms with Crippen LogP contribution in [0.2, 0.25) is 0 Å². The maximum atomic E-state index is 14.9. The van der Waals surface area contributed by atoms with Crippen molar-refractivity contribution < 1.29 is 27.0 Å². The Hall–Kier alpha value is -2.70. The van der Waals surface area contributed by atoms with Crippen molar-refractivity contribution in [2.24, 2.45) is 0 Å². The van der Waals surface area contributed by atoms with Crippen molar-refractivity contribution in [2.75, 3.05) is 13.2 Å². The average Bonchev–Trinajstić information content (AvgIpc) is 2.82. The Bertz CT molecular complexity index is 1120. The third kappa shape index (κ3) is 4.82. The van der Waals surface area contributed by atoms with Crippen molar-refractivity contribution in [2.45, 2.75) is 45.1 Å². The van der Waals surface area contributed by atoms with Gasteiger partial charge in [0.2, 0.25) is 0 Å². The highest BCUT2D eigenvalue weighted by Gasteiger charge is 2.37. The molecule has 6 heteroatoms. The number of halogens is 4. The lowest BCUT2D eigenvalue weighted by Crippen LogP contribution is -2.41. The third-order valence-electron chi connectivity index (χ3n) is 6.00. The molecule has 3 aromatic rings. The molecule has 0 aromatic heterocycles. The summed E-state index contributed by atoms with van der Waals surface area (Å²) < 4.78 is 70.1. The summed E-state index contributed by atoms with van der Waals surface area (Å²) in [6.45, 7) is 3.60. The van der Waals surface area contributed by atoms with E-state index in [1.54, 1.807) is 12.1 Å². The molecule has 1 heterocycles. The molecule has 1 aliphatic heterocycles. The van der Waals surface area contributed by atoms with Crippen LogP contribution < -0.4 is 0 Å². The molecule has 0 N–H and O–H groups in total. The number of alkyl halides is 1. The van der Waals surface area contributed by atoms with Crippen molar-refractivity contribution in [1.82, 2.24) is 0 Å². The Morgan fingerprint density at radius 1 is 0.818 bits per heavy atom. The van der Waals surface area contributed by atoms with Gasteiger partial charge < -0.3 is 9.47 Å². The zero-order valence-electron chi connectivity index (χ0n) is 18.6. The van der Waals surface area contributed by atoms with E-state index >= 15 is 0 Å². The first-order valence-corrected chi connectivity index (χ1v) is 11.1. The summed E-state index contributed by atoms with van der Waals surface area (Å²) in [5.74, 6) is -2.90. The third-order valence-corrected chi connectivity index (χ3v) is 6.00. The van der Waals surface area contributed by atoms with Gasteiger partial charge in [-0.1, -0.05) is 68.8 Å². The van der Waals surface area contributed by atoms with Gasteiger partial charge in [-0.25, -0.2) is 17.6 Å². The SMILES string of the molecule is CCCC1(F)COC(c2ccc(-c3ccc(-c4ccc(CC)cc4)c(F)c3F)c(F)c2)OC1. The van der Waals surface area contributed by atoms with Crippen LogP contribution in [0.4, 0.5) is 17.6 Å². The smallest absolute Gasteiger partial charge is 0.184 e. The quantitative estimate of drug-likeness (QED) is 0.355. The summed E-state index contributed by atoms with van der Waals surface area (Å²) in [5, 5.41) is 0. The summed E-state index contributed by atoms with van der Waals surface area (Å²) in [6.07, 6.45) is 0.901. The van der Waals surface area contributed by atoms with E-state index in [0.29, 0.717) is 24.0 Å². The Kier molecular flexibility index (Phi) is 6.86. The van der Waals surface area contributed by atoms with Crippen molar-refractivity contribution in [1.29, 1.82) is 0 Å². The molecule has 2 nitrogen and oxygen atoms in total. The highest BCUT2D eigenvalue weighted by molar-refractivity contribution is 5.72. The largest absolute Gasteiger partial charge is 0.345 e. The molecular formula is C27H26F4O2. The maximum absolute atomic E-state index is 14.9. The molecular weight excluding hydrogens is 432 g/mol. The van der Waals surface area contributed by atoms with Crippen LogP contribution >= 0.6 is 0 Å². The van der Waals surface area contributed by atoms with Gasteiger partial charge in [-0.2, -0.15) is 0 Å². The fourth-order valence-corrected chi connectivity index (χ4v) is 4.12. The zero-order chi connectivity index (χ0) is 23.6. The van der Waals surface area contributed by atoms with Crippen LogP contribution in [-0.2, 0) is 15.9 Å². The predicted molar refractivity (Wildman–Crippen MR) is 120 cm³/mol. The predicted octanol–water partition coefficient (Wildman–Crippen LogP) is 7.55. The summed E-state index contributed by atoms with van der Waals surface area (Å²) in [6, 6.07) is 14.1. The van der Waals surface area contributed by atoms with Gasteiger partial charge in [-0.05, 0) is 30.0 Å². The van der Waals surface area contributed by atoms with E-state index < -0.39 is 29.4 Å². The summed E-state index contributed by atoms with van der Waals surface area (Å²) in [4.78, 5) is 0. The molecule has 0 aliphatic carbocycles. The van der Waals surface area contributed by atoms with Crippen molar-refractivity contribution in [3.8, 4) is 22.3 Å². The first kappa shape index (κ1) is 23.5. The number of benzene rings is 3. The minimum absolute atomic E-state index is 0.0790. The zero-order valence-corrected chi connectivity index (χ0v) is 18.6. The van der Waals surface area contributed by atoms with Crippen molar-refractivity contribution in [3.63, 3.8) is 0 Å². The van der Waals surface area contributed by atoms with Gasteiger partial charge in [0.15, 0.2) is 23.6 Å². The number of ether oxygens (including phenoxy) is 2. The molecule has 0 bridgehead atoms. The van der Waals surface area contributed by atoms with Gasteiger partial charge in [-0.3, -0.25) is 0 Å². The minimum atomic E-state index is -1.55. The first-order valence-electron chi connectivity index (χ1n) is 11.1. The molecule has 0 spiro atoms. The van der Waals surface area contributed by atoms with E-state index in [9.17, 15) is 17.6 Å². The second-order valence-electron chi connectivity index (χ2n) is 8.43. The summed E-state index contributed by atoms with van der Waals surface area (Å²) in [7, 11) is 0. The van der Waals surface area contributed by atoms with Gasteiger partial charge in [0.1, 0.15) is 5.82 Å². The highest BCUT2D eigenvalue weighted by Crippen LogP contribution is 2.36. The van der Waals surface area contributed by atoms with Crippen LogP contribution in [-0.4, -0.2) is 18.9 Å². The monoisotopic (exact) mass is 458 g/mol. The van der Waals surface area contributed by atoms with Crippen LogP contribution in [0.25, 0.3) is 22.3 Å². The summed E-state index contributed by atoms with van der Waals surface area (Å²) in [5.41, 5.74) is 0.288. The number of rotatable bonds is 6. The van der Waals surface area contributed by atoms with Gasteiger partial charge in [0.05, 0.1) is 13.2 Å². The van der Waals surface area contributed by atoms with Crippen LogP contribution in [0.3, 0.4) is 0 Å². The molecule has 0 amide bonds. The molecule has 0 atom stereocenters. The highest BCUT2D eigenvalue weighted by atomic mass is 19.2. The standard InChI is InChI=1S/C27H26F4O2/c1-3-13-27(31)15-32-26(33-16-27)19-9-10-21(23(28)14-19)22-12-11-20(24(29)25(22)30)18-7-5-17(4-2)6-8-18/h5-12,14,26H,3-4,13,15-16H2,1-2H3. The number of hydrogen-bond acceptors (Lipinski definition) is 2. The lowest BCUT2D eigenvalue weighted by Gasteiger charge is -2.34. The molecule has 1 aliphatic rings. The Balaban J connectivity index is 1.57. The van der Waals surface area contributed by atoms with Gasteiger partial charge in [0.25, 0.3) is 0 Å². The molecule has 0 unspecified atom stereocenters. The second kappa shape index (κ2) is 9.65. The first-order chi connectivity index (χ1) is 15.8. The van der Waals surface area contributed by atoms with E-state index in [-0.39, 0.29) is 29.9 Å². The van der Waals surface area contributed by atoms with Gasteiger partial charge in [0, 0.05) is 22.3 Å². The van der Waals surface area contributed by atoms with Crippen molar-refractivity contribution >= 4 is 0 Å². The number of aryl methyl sites for hydroxylation is 1. The van der Waals surface area contributed by atoms with E-state index in [2.05, 4.69) is 0 Å². The van der Waals surface area contributed by atoms with E-state index in [1.807, 2.05) is 26.0 Å².